The van der Waals surface area contributed by atoms with E-state index >= 15 is 0 Å². The van der Waals surface area contributed by atoms with Crippen molar-refractivity contribution >= 4 is 39.0 Å². The van der Waals surface area contributed by atoms with Gasteiger partial charge in [-0.25, -0.2) is 0 Å². The van der Waals surface area contributed by atoms with Crippen LogP contribution >= 0.6 is 0 Å². The van der Waals surface area contributed by atoms with Gasteiger partial charge in [0.25, 0.3) is 5.91 Å². The van der Waals surface area contributed by atoms with Crippen molar-refractivity contribution in [2.75, 3.05) is 25.5 Å². The molecule has 3 aromatic rings. The van der Waals surface area contributed by atoms with Crippen molar-refractivity contribution < 1.29 is 38.7 Å². The first-order valence-corrected chi connectivity index (χ1v) is 19.3. The maximum Gasteiger partial charge on any atom is 0.255 e. The first-order chi connectivity index (χ1) is 22.5. The quantitative estimate of drug-likeness (QED) is 0.0924. The van der Waals surface area contributed by atoms with Gasteiger partial charge in [-0.1, -0.05) is 77.9 Å². The number of carbonyl (C=O) groups excluding carboxylic acids is 1. The Labute approximate surface area is 291 Å². The Kier molecular flexibility index (Phi) is 14.3. The Morgan fingerprint density at radius 2 is 1.54 bits per heavy atom. The molecule has 0 heterocycles. The number of carbonyl (C=O) groups is 1. The molecule has 0 fully saturated rings. The zero-order valence-corrected chi connectivity index (χ0v) is 31.1. The second-order valence-corrected chi connectivity index (χ2v) is 17.3. The highest BCUT2D eigenvalue weighted by Gasteiger charge is 2.34. The summed E-state index contributed by atoms with van der Waals surface area (Å²) in [5.74, 6) is 0.241. The number of phenols is 1. The van der Waals surface area contributed by atoms with Gasteiger partial charge in [0.2, 0.25) is 10.9 Å². The second kappa shape index (κ2) is 17.3. The average Bonchev–Trinajstić information content (AvgIpc) is 3.06. The molecule has 4 N–H and O–H groups in total. The fourth-order valence-corrected chi connectivity index (χ4v) is 7.58. The van der Waals surface area contributed by atoms with Crippen LogP contribution in [0.1, 0.15) is 96.1 Å². The summed E-state index contributed by atoms with van der Waals surface area (Å²) in [6.45, 7) is 16.5. The molecular weight excluding hydrogens is 651 g/mol. The summed E-state index contributed by atoms with van der Waals surface area (Å²) in [5.41, 5.74) is 0.0848. The van der Waals surface area contributed by atoms with E-state index in [1.165, 1.54) is 31.0 Å². The molecule has 9 nitrogen and oxygen atoms in total. The Morgan fingerprint density at radius 1 is 0.896 bits per heavy atom. The molecule has 0 bridgehead atoms. The summed E-state index contributed by atoms with van der Waals surface area (Å²) < 4.78 is 37.4. The number of aliphatic hydroxyl groups is 2. The smallest absolute Gasteiger partial charge is 0.255 e. The van der Waals surface area contributed by atoms with Crippen LogP contribution in [0.4, 0.5) is 0 Å². The summed E-state index contributed by atoms with van der Waals surface area (Å²) in [6, 6.07) is 14.8. The molecule has 48 heavy (non-hydrogen) atoms. The Bertz CT molecular complexity index is 1510. The van der Waals surface area contributed by atoms with Crippen LogP contribution in [0.25, 0.3) is 10.8 Å². The molecule has 5 atom stereocenters. The van der Waals surface area contributed by atoms with Crippen molar-refractivity contribution in [1.82, 2.24) is 5.32 Å². The molecule has 0 aromatic heterocycles. The molecule has 0 saturated heterocycles. The lowest BCUT2D eigenvalue weighted by Crippen LogP contribution is -2.41. The third-order valence-electron chi connectivity index (χ3n) is 9.17. The largest absolute Gasteiger partial charge is 0.614 e. The fraction of sp³-hybridized carbons (Fsp3) is 0.541. The lowest BCUT2D eigenvalue weighted by molar-refractivity contribution is 0.0948. The standard InChI is InChI=1S/C37H53NO8S2/c1-9-36(5,6)26-16-17-32(31(20-26)37(7,8)10-2)45-19-13-18-38-35(42)30-21-33(28-14-11-12-15-29(28)34(30)41)46-22-27(48(44)25(4)40)23-47(43)24(3)39/h11-12,14-17,20-21,24-25,27,39-41H,9-10,13,18-19,22-23H2,1-8H3,(H,38,42). The summed E-state index contributed by atoms with van der Waals surface area (Å²) in [4.78, 5) is 13.3. The van der Waals surface area contributed by atoms with Gasteiger partial charge in [-0.15, -0.1) is 0 Å². The molecule has 3 rings (SSSR count). The van der Waals surface area contributed by atoms with Crippen LogP contribution in [0.5, 0.6) is 17.2 Å². The maximum absolute atomic E-state index is 13.3. The number of amides is 1. The second-order valence-electron chi connectivity index (χ2n) is 13.5. The van der Waals surface area contributed by atoms with Crippen molar-refractivity contribution in [3.63, 3.8) is 0 Å². The van der Waals surface area contributed by atoms with E-state index in [1.807, 2.05) is 0 Å². The zero-order valence-electron chi connectivity index (χ0n) is 29.5. The lowest BCUT2D eigenvalue weighted by Gasteiger charge is -2.30. The van der Waals surface area contributed by atoms with Crippen LogP contribution in [0.3, 0.4) is 0 Å². The molecular formula is C37H53NO8S2. The maximum atomic E-state index is 13.3. The van der Waals surface area contributed by atoms with Gasteiger partial charge in [0.15, 0.2) is 11.0 Å². The highest BCUT2D eigenvalue weighted by atomic mass is 32.2. The minimum atomic E-state index is -1.82. The summed E-state index contributed by atoms with van der Waals surface area (Å²) in [5, 5.41) is 33.6. The van der Waals surface area contributed by atoms with Crippen LogP contribution in [0.15, 0.2) is 48.5 Å². The van der Waals surface area contributed by atoms with Gasteiger partial charge >= 0.3 is 0 Å². The molecule has 0 spiro atoms. The topological polar surface area (TPSA) is 154 Å². The molecule has 1 amide bonds. The Morgan fingerprint density at radius 3 is 2.15 bits per heavy atom. The number of aliphatic hydroxyl groups excluding tert-OH is 2. The highest BCUT2D eigenvalue weighted by molar-refractivity contribution is 7.96. The Balaban J connectivity index is 1.73. The average molecular weight is 704 g/mol. The van der Waals surface area contributed by atoms with Crippen LogP contribution in [0.2, 0.25) is 0 Å². The number of fused-ring (bicyclic) bond motifs is 1. The highest BCUT2D eigenvalue weighted by Crippen LogP contribution is 2.39. The van der Waals surface area contributed by atoms with Crippen LogP contribution < -0.4 is 14.8 Å². The number of ether oxygens (including phenoxy) is 2. The van der Waals surface area contributed by atoms with Gasteiger partial charge in [-0.2, -0.15) is 0 Å². The summed E-state index contributed by atoms with van der Waals surface area (Å²) in [6.07, 6.45) is 2.51. The van der Waals surface area contributed by atoms with E-state index in [1.54, 1.807) is 24.3 Å². The van der Waals surface area contributed by atoms with Crippen molar-refractivity contribution in [3.8, 4) is 17.2 Å². The monoisotopic (exact) mass is 703 g/mol. The van der Waals surface area contributed by atoms with Gasteiger partial charge in [0, 0.05) is 36.7 Å². The first-order valence-electron chi connectivity index (χ1n) is 16.6. The lowest BCUT2D eigenvalue weighted by atomic mass is 9.76. The van der Waals surface area contributed by atoms with E-state index in [9.17, 15) is 29.2 Å². The van der Waals surface area contributed by atoms with Crippen molar-refractivity contribution in [1.29, 1.82) is 0 Å². The number of phenolic OH excluding ortho intramolecular Hbond substituents is 1. The molecule has 0 aliphatic rings. The van der Waals surface area contributed by atoms with Gasteiger partial charge in [0.05, 0.1) is 12.2 Å². The Hall–Kier alpha value is -2.67. The van der Waals surface area contributed by atoms with Gasteiger partial charge < -0.3 is 39.2 Å². The minimum absolute atomic E-state index is 0.00600. The van der Waals surface area contributed by atoms with E-state index in [0.29, 0.717) is 30.3 Å². The molecule has 0 aliphatic heterocycles. The van der Waals surface area contributed by atoms with E-state index in [0.717, 1.165) is 18.6 Å². The van der Waals surface area contributed by atoms with Crippen LogP contribution in [-0.4, -0.2) is 72.0 Å². The molecule has 5 unspecified atom stereocenters. The minimum Gasteiger partial charge on any atom is -0.614 e. The van der Waals surface area contributed by atoms with Crippen molar-refractivity contribution in [3.05, 3.63) is 65.2 Å². The predicted molar refractivity (Wildman–Crippen MR) is 195 cm³/mol. The molecule has 11 heteroatoms. The van der Waals surface area contributed by atoms with Crippen molar-refractivity contribution in [2.24, 2.45) is 0 Å². The van der Waals surface area contributed by atoms with E-state index < -0.39 is 44.4 Å². The summed E-state index contributed by atoms with van der Waals surface area (Å²) in [7, 11) is 0. The molecule has 3 aromatic carbocycles. The van der Waals surface area contributed by atoms with Gasteiger partial charge in [-0.05, 0) is 70.1 Å². The van der Waals surface area contributed by atoms with E-state index in [4.69, 9.17) is 9.47 Å². The predicted octanol–water partition coefficient (Wildman–Crippen LogP) is 6.04. The summed E-state index contributed by atoms with van der Waals surface area (Å²) >= 11 is -3.53. The van der Waals surface area contributed by atoms with Crippen LogP contribution in [0, 0.1) is 0 Å². The molecule has 0 aliphatic carbocycles. The number of rotatable bonds is 18. The third-order valence-corrected chi connectivity index (χ3v) is 12.5. The molecule has 0 saturated carbocycles. The van der Waals surface area contributed by atoms with Crippen LogP contribution in [-0.2, 0) is 33.2 Å². The fourth-order valence-electron chi connectivity index (χ4n) is 5.14. The normalized spacial score (nSPS) is 15.4. The van der Waals surface area contributed by atoms with E-state index in [-0.39, 0.29) is 40.3 Å². The number of nitrogens with one attached hydrogen (secondary N) is 1. The number of aromatic hydroxyl groups is 1. The van der Waals surface area contributed by atoms with Gasteiger partial charge in [-0.3, -0.25) is 4.79 Å². The van der Waals surface area contributed by atoms with Crippen molar-refractivity contribution in [2.45, 2.75) is 102 Å². The molecule has 0 radical (unpaired) electrons. The third kappa shape index (κ3) is 9.95. The zero-order chi connectivity index (χ0) is 35.8. The molecule has 266 valence electrons. The SMILES string of the molecule is CCC(C)(C)c1ccc(OCCCNC(=O)c2cc(OCC(C[S+]([O-])C(C)O)[S+]([O-])C(C)O)c3ccccc3c2O)c(C(C)(C)CC)c1. The van der Waals surface area contributed by atoms with Gasteiger partial charge in [0.1, 0.15) is 23.9 Å². The van der Waals surface area contributed by atoms with E-state index in [2.05, 4.69) is 65.1 Å². The number of hydrogen-bond acceptors (Lipinski definition) is 8. The first kappa shape index (κ1) is 39.8. The number of hydrogen-bond donors (Lipinski definition) is 4. The number of benzene rings is 3.